The average molecular weight is 273 g/mol. The molecule has 1 heterocycles. The molecule has 0 unspecified atom stereocenters. The molecule has 0 radical (unpaired) electrons. The fourth-order valence-electron chi connectivity index (χ4n) is 1.47. The number of rotatable bonds is 7. The van der Waals surface area contributed by atoms with Crippen LogP contribution in [0.1, 0.15) is 33.5 Å². The lowest BCUT2D eigenvalue weighted by Crippen LogP contribution is -2.26. The molecule has 0 atom stereocenters. The Bertz CT molecular complexity index is 463. The van der Waals surface area contributed by atoms with E-state index in [1.807, 2.05) is 10.8 Å². The Morgan fingerprint density at radius 3 is 2.56 bits per heavy atom. The van der Waals surface area contributed by atoms with Gasteiger partial charge in [-0.05, 0) is 13.8 Å². The molecule has 104 valence electrons. The minimum absolute atomic E-state index is 0.162. The number of nitrogens with zero attached hydrogens (tertiary/aromatic N) is 2. The van der Waals surface area contributed by atoms with Gasteiger partial charge in [-0.2, -0.15) is 0 Å². The Morgan fingerprint density at radius 1 is 1.33 bits per heavy atom. The predicted molar refractivity (Wildman–Crippen MR) is 73.1 cm³/mol. The van der Waals surface area contributed by atoms with Gasteiger partial charge in [0.1, 0.15) is 5.82 Å². The molecule has 0 saturated heterocycles. The molecule has 1 N–H and O–H groups in total. The molecule has 0 aliphatic rings. The zero-order valence-corrected chi connectivity index (χ0v) is 12.4. The summed E-state index contributed by atoms with van der Waals surface area (Å²) in [6.07, 6.45) is 3.53. The topological polar surface area (TPSA) is 64.0 Å². The summed E-state index contributed by atoms with van der Waals surface area (Å²) in [5.41, 5.74) is 0. The van der Waals surface area contributed by atoms with Crippen molar-refractivity contribution in [1.29, 1.82) is 0 Å². The van der Waals surface area contributed by atoms with E-state index in [4.69, 9.17) is 0 Å². The summed E-state index contributed by atoms with van der Waals surface area (Å²) in [5.74, 6) is 1.04. The lowest BCUT2D eigenvalue weighted by atomic mass is 10.4. The van der Waals surface area contributed by atoms with Gasteiger partial charge in [-0.25, -0.2) is 13.4 Å². The van der Waals surface area contributed by atoms with Crippen LogP contribution in [0.4, 0.5) is 0 Å². The first-order chi connectivity index (χ1) is 8.33. The van der Waals surface area contributed by atoms with Gasteiger partial charge in [-0.3, -0.25) is 0 Å². The van der Waals surface area contributed by atoms with E-state index in [2.05, 4.69) is 24.1 Å². The molecule has 1 rings (SSSR count). The third-order valence-electron chi connectivity index (χ3n) is 2.81. The number of imidazole rings is 1. The van der Waals surface area contributed by atoms with Gasteiger partial charge in [0.2, 0.25) is 0 Å². The summed E-state index contributed by atoms with van der Waals surface area (Å²) in [4.78, 5) is 4.24. The Labute approximate surface area is 110 Å². The van der Waals surface area contributed by atoms with Crippen molar-refractivity contribution in [2.75, 3.05) is 5.75 Å². The molecule has 1 aromatic rings. The normalized spacial score (nSPS) is 12.6. The summed E-state index contributed by atoms with van der Waals surface area (Å²) >= 11 is 0. The van der Waals surface area contributed by atoms with E-state index in [1.54, 1.807) is 20.0 Å². The number of aromatic nitrogens is 2. The summed E-state index contributed by atoms with van der Waals surface area (Å²) in [7, 11) is -2.99. The number of hydrogen-bond acceptors (Lipinski definition) is 4. The Balaban J connectivity index is 2.61. The first kappa shape index (κ1) is 15.2. The van der Waals surface area contributed by atoms with E-state index in [9.17, 15) is 8.42 Å². The largest absolute Gasteiger partial charge is 0.333 e. The maximum atomic E-state index is 11.8. The summed E-state index contributed by atoms with van der Waals surface area (Å²) in [5, 5.41) is 2.95. The molecule has 0 aliphatic heterocycles. The molecule has 1 aromatic heterocycles. The van der Waals surface area contributed by atoms with Crippen LogP contribution >= 0.6 is 0 Å². The Kier molecular flexibility index (Phi) is 5.34. The van der Waals surface area contributed by atoms with Crippen LogP contribution in [0.25, 0.3) is 0 Å². The highest BCUT2D eigenvalue weighted by molar-refractivity contribution is 7.91. The third-order valence-corrected chi connectivity index (χ3v) is 4.99. The van der Waals surface area contributed by atoms with Gasteiger partial charge in [0, 0.05) is 25.0 Å². The second kappa shape index (κ2) is 6.33. The van der Waals surface area contributed by atoms with Gasteiger partial charge >= 0.3 is 0 Å². The molecule has 0 bridgehead atoms. The zero-order valence-electron chi connectivity index (χ0n) is 11.5. The molecular weight excluding hydrogens is 250 g/mol. The highest BCUT2D eigenvalue weighted by Crippen LogP contribution is 2.04. The monoisotopic (exact) mass is 273 g/mol. The maximum absolute atomic E-state index is 11.8. The van der Waals surface area contributed by atoms with Crippen LogP contribution in [-0.2, 0) is 22.9 Å². The molecule has 6 heteroatoms. The number of aryl methyl sites for hydroxylation is 1. The highest BCUT2D eigenvalue weighted by atomic mass is 32.2. The standard InChI is InChI=1S/C12H23N3O2S/c1-10(2)14-9-12-13-5-6-15(12)7-8-18(16,17)11(3)4/h5-6,10-11,14H,7-9H2,1-4H3. The predicted octanol–water partition coefficient (Wildman–Crippen LogP) is 1.20. The van der Waals surface area contributed by atoms with Crippen LogP contribution < -0.4 is 5.32 Å². The van der Waals surface area contributed by atoms with Gasteiger partial charge in [0.25, 0.3) is 0 Å². The van der Waals surface area contributed by atoms with Crippen molar-refractivity contribution in [3.63, 3.8) is 0 Å². The van der Waals surface area contributed by atoms with Crippen LogP contribution in [0.2, 0.25) is 0 Å². The summed E-state index contributed by atoms with van der Waals surface area (Å²) in [6, 6.07) is 0.384. The first-order valence-electron chi connectivity index (χ1n) is 6.28. The van der Waals surface area contributed by atoms with E-state index < -0.39 is 9.84 Å². The van der Waals surface area contributed by atoms with Crippen LogP contribution in [-0.4, -0.2) is 35.0 Å². The molecule has 0 aromatic carbocycles. The summed E-state index contributed by atoms with van der Waals surface area (Å²) < 4.78 is 25.4. The maximum Gasteiger partial charge on any atom is 0.154 e. The molecule has 18 heavy (non-hydrogen) atoms. The molecular formula is C12H23N3O2S. The van der Waals surface area contributed by atoms with Gasteiger partial charge in [-0.1, -0.05) is 13.8 Å². The SMILES string of the molecule is CC(C)NCc1nccn1CCS(=O)(=O)C(C)C. The number of nitrogens with one attached hydrogen (secondary N) is 1. The van der Waals surface area contributed by atoms with Crippen LogP contribution in [0, 0.1) is 0 Å². The second-order valence-electron chi connectivity index (χ2n) is 4.99. The minimum Gasteiger partial charge on any atom is -0.333 e. The van der Waals surface area contributed by atoms with Crippen LogP contribution in [0.5, 0.6) is 0 Å². The average Bonchev–Trinajstić information content (AvgIpc) is 2.70. The molecule has 0 aliphatic carbocycles. The van der Waals surface area contributed by atoms with E-state index in [-0.39, 0.29) is 11.0 Å². The van der Waals surface area contributed by atoms with Crippen molar-refractivity contribution in [1.82, 2.24) is 14.9 Å². The number of hydrogen-bond donors (Lipinski definition) is 1. The van der Waals surface area contributed by atoms with Crippen molar-refractivity contribution in [3.8, 4) is 0 Å². The molecule has 0 fully saturated rings. The zero-order chi connectivity index (χ0) is 13.8. The van der Waals surface area contributed by atoms with Gasteiger partial charge in [-0.15, -0.1) is 0 Å². The quantitative estimate of drug-likeness (QED) is 0.811. The first-order valence-corrected chi connectivity index (χ1v) is 7.99. The van der Waals surface area contributed by atoms with E-state index in [1.165, 1.54) is 0 Å². The van der Waals surface area contributed by atoms with Gasteiger partial charge in [0.15, 0.2) is 9.84 Å². The lowest BCUT2D eigenvalue weighted by molar-refractivity contribution is 0.546. The minimum atomic E-state index is -2.99. The van der Waals surface area contributed by atoms with Gasteiger partial charge in [0.05, 0.1) is 17.5 Å². The van der Waals surface area contributed by atoms with Crippen molar-refractivity contribution in [2.24, 2.45) is 0 Å². The smallest absolute Gasteiger partial charge is 0.154 e. The van der Waals surface area contributed by atoms with Crippen molar-refractivity contribution >= 4 is 9.84 Å². The van der Waals surface area contributed by atoms with Crippen LogP contribution in [0.15, 0.2) is 12.4 Å². The second-order valence-corrected chi connectivity index (χ2v) is 7.66. The highest BCUT2D eigenvalue weighted by Gasteiger charge is 2.16. The van der Waals surface area contributed by atoms with E-state index in [0.717, 1.165) is 5.82 Å². The Hall–Kier alpha value is -0.880. The molecule has 0 amide bonds. The molecule has 0 spiro atoms. The van der Waals surface area contributed by atoms with Crippen molar-refractivity contribution in [3.05, 3.63) is 18.2 Å². The lowest BCUT2D eigenvalue weighted by Gasteiger charge is -2.12. The van der Waals surface area contributed by atoms with E-state index >= 15 is 0 Å². The molecule has 5 nitrogen and oxygen atoms in total. The fourth-order valence-corrected chi connectivity index (χ4v) is 2.39. The Morgan fingerprint density at radius 2 is 2.00 bits per heavy atom. The third kappa shape index (κ3) is 4.42. The van der Waals surface area contributed by atoms with Crippen LogP contribution in [0.3, 0.4) is 0 Å². The molecule has 0 saturated carbocycles. The van der Waals surface area contributed by atoms with E-state index in [0.29, 0.717) is 19.1 Å². The van der Waals surface area contributed by atoms with Gasteiger partial charge < -0.3 is 9.88 Å². The van der Waals surface area contributed by atoms with Crippen molar-refractivity contribution < 1.29 is 8.42 Å². The fraction of sp³-hybridized carbons (Fsp3) is 0.750. The van der Waals surface area contributed by atoms with Crippen molar-refractivity contribution in [2.45, 2.75) is 52.1 Å². The number of sulfone groups is 1. The summed E-state index contributed by atoms with van der Waals surface area (Å²) in [6.45, 7) is 8.68.